The van der Waals surface area contributed by atoms with Gasteiger partial charge in [0, 0.05) is 20.6 Å². The average Bonchev–Trinajstić information content (AvgIpc) is 2.42. The van der Waals surface area contributed by atoms with Crippen molar-refractivity contribution in [3.63, 3.8) is 0 Å². The Labute approximate surface area is 115 Å². The van der Waals surface area contributed by atoms with E-state index in [1.165, 1.54) is 36.9 Å². The summed E-state index contributed by atoms with van der Waals surface area (Å²) in [6.07, 6.45) is 0. The molecular formula is C12H15N3O4S. The summed E-state index contributed by atoms with van der Waals surface area (Å²) < 4.78 is 28.5. The molecule has 0 bridgehead atoms. The molecule has 108 valence electrons. The molecule has 0 fully saturated rings. The van der Waals surface area contributed by atoms with Crippen LogP contribution < -0.4 is 16.0 Å². The monoisotopic (exact) mass is 297 g/mol. The van der Waals surface area contributed by atoms with Gasteiger partial charge >= 0.3 is 5.69 Å². The fourth-order valence-electron chi connectivity index (χ4n) is 2.02. The Bertz CT molecular complexity index is 893. The first-order valence-electron chi connectivity index (χ1n) is 5.99. The number of rotatable bonds is 3. The van der Waals surface area contributed by atoms with E-state index < -0.39 is 21.3 Å². The molecule has 8 heteroatoms. The highest BCUT2D eigenvalue weighted by Gasteiger charge is 2.16. The molecule has 7 nitrogen and oxygen atoms in total. The summed E-state index contributed by atoms with van der Waals surface area (Å²) in [5, 5.41) is 0.188. The molecule has 1 aromatic heterocycles. The van der Waals surface area contributed by atoms with E-state index >= 15 is 0 Å². The molecule has 0 aliphatic rings. The normalized spacial score (nSPS) is 11.9. The van der Waals surface area contributed by atoms with Crippen LogP contribution >= 0.6 is 0 Å². The van der Waals surface area contributed by atoms with Crippen molar-refractivity contribution >= 4 is 20.9 Å². The number of fused-ring (bicyclic) bond motifs is 1. The molecule has 1 aromatic carbocycles. The molecule has 0 radical (unpaired) electrons. The van der Waals surface area contributed by atoms with Crippen molar-refractivity contribution in [2.24, 2.45) is 14.1 Å². The van der Waals surface area contributed by atoms with Gasteiger partial charge in [0.05, 0.1) is 15.8 Å². The number of sulfonamides is 1. The Morgan fingerprint density at radius 3 is 2.40 bits per heavy atom. The van der Waals surface area contributed by atoms with Crippen molar-refractivity contribution in [2.45, 2.75) is 11.8 Å². The topological polar surface area (TPSA) is 90.2 Å². The van der Waals surface area contributed by atoms with E-state index in [1.807, 2.05) is 0 Å². The summed E-state index contributed by atoms with van der Waals surface area (Å²) in [5.74, 6) is 0. The van der Waals surface area contributed by atoms with Gasteiger partial charge in [-0.05, 0) is 18.2 Å². The first-order chi connectivity index (χ1) is 9.29. The van der Waals surface area contributed by atoms with Crippen LogP contribution in [0, 0.1) is 0 Å². The van der Waals surface area contributed by atoms with Gasteiger partial charge in [-0.1, -0.05) is 6.92 Å². The standard InChI is InChI=1S/C12H15N3O4S/c1-4-13-20(18,19)8-5-6-10-9(7-8)11(16)15(3)12(17)14(10)2/h5-7,13H,4H2,1-3H3. The zero-order chi connectivity index (χ0) is 15.1. The fraction of sp³-hybridized carbons (Fsp3) is 0.333. The lowest BCUT2D eigenvalue weighted by atomic mass is 10.2. The van der Waals surface area contributed by atoms with Crippen LogP contribution in [-0.2, 0) is 24.1 Å². The number of aromatic nitrogens is 2. The third-order valence-electron chi connectivity index (χ3n) is 3.08. The predicted molar refractivity (Wildman–Crippen MR) is 75.3 cm³/mol. The van der Waals surface area contributed by atoms with Gasteiger partial charge in [0.25, 0.3) is 5.56 Å². The highest BCUT2D eigenvalue weighted by Crippen LogP contribution is 2.14. The van der Waals surface area contributed by atoms with E-state index in [2.05, 4.69) is 4.72 Å². The Kier molecular flexibility index (Phi) is 3.53. The van der Waals surface area contributed by atoms with Crippen LogP contribution in [0.25, 0.3) is 10.9 Å². The maximum atomic E-state index is 12.1. The van der Waals surface area contributed by atoms with Gasteiger partial charge in [-0.2, -0.15) is 0 Å². The molecule has 0 aliphatic carbocycles. The molecule has 1 N–H and O–H groups in total. The molecule has 2 aromatic rings. The van der Waals surface area contributed by atoms with Gasteiger partial charge < -0.3 is 0 Å². The van der Waals surface area contributed by atoms with Crippen molar-refractivity contribution in [2.75, 3.05) is 6.54 Å². The van der Waals surface area contributed by atoms with Gasteiger partial charge in [0.15, 0.2) is 0 Å². The fourth-order valence-corrected chi connectivity index (χ4v) is 3.08. The summed E-state index contributed by atoms with van der Waals surface area (Å²) in [6, 6.07) is 4.12. The summed E-state index contributed by atoms with van der Waals surface area (Å²) in [5.41, 5.74) is -0.574. The van der Waals surface area contributed by atoms with Crippen LogP contribution in [0.2, 0.25) is 0 Å². The van der Waals surface area contributed by atoms with E-state index in [0.717, 1.165) is 4.57 Å². The number of hydrogen-bond donors (Lipinski definition) is 1. The van der Waals surface area contributed by atoms with E-state index in [1.54, 1.807) is 6.92 Å². The average molecular weight is 297 g/mol. The van der Waals surface area contributed by atoms with E-state index in [-0.39, 0.29) is 16.8 Å². The highest BCUT2D eigenvalue weighted by molar-refractivity contribution is 7.89. The van der Waals surface area contributed by atoms with Crippen LogP contribution in [0.15, 0.2) is 32.7 Å². The van der Waals surface area contributed by atoms with Gasteiger partial charge in [-0.3, -0.25) is 13.9 Å². The highest BCUT2D eigenvalue weighted by atomic mass is 32.2. The van der Waals surface area contributed by atoms with Crippen LogP contribution in [0.1, 0.15) is 6.92 Å². The van der Waals surface area contributed by atoms with Gasteiger partial charge in [0.2, 0.25) is 10.0 Å². The minimum Gasteiger partial charge on any atom is -0.296 e. The molecule has 0 unspecified atom stereocenters. The largest absolute Gasteiger partial charge is 0.330 e. The Morgan fingerprint density at radius 2 is 1.80 bits per heavy atom. The molecule has 0 spiro atoms. The number of aryl methyl sites for hydroxylation is 1. The van der Waals surface area contributed by atoms with Crippen molar-refractivity contribution in [3.8, 4) is 0 Å². The van der Waals surface area contributed by atoms with Crippen LogP contribution in [0.3, 0.4) is 0 Å². The number of hydrogen-bond acceptors (Lipinski definition) is 4. The first kappa shape index (κ1) is 14.5. The SMILES string of the molecule is CCNS(=O)(=O)c1ccc2c(c1)c(=O)n(C)c(=O)n2C. The van der Waals surface area contributed by atoms with Gasteiger partial charge in [-0.15, -0.1) is 0 Å². The van der Waals surface area contributed by atoms with Crippen molar-refractivity contribution in [1.29, 1.82) is 0 Å². The first-order valence-corrected chi connectivity index (χ1v) is 7.47. The summed E-state index contributed by atoms with van der Waals surface area (Å²) in [4.78, 5) is 23.9. The van der Waals surface area contributed by atoms with Crippen LogP contribution in [0.5, 0.6) is 0 Å². The van der Waals surface area contributed by atoms with E-state index in [4.69, 9.17) is 0 Å². The zero-order valence-electron chi connectivity index (χ0n) is 11.4. The zero-order valence-corrected chi connectivity index (χ0v) is 12.2. The molecule has 0 saturated heterocycles. The predicted octanol–water partition coefficient (Wildman–Crippen LogP) is -0.465. The van der Waals surface area contributed by atoms with E-state index in [9.17, 15) is 18.0 Å². The summed E-state index contributed by atoms with van der Waals surface area (Å²) >= 11 is 0. The Hall–Kier alpha value is -1.93. The minimum atomic E-state index is -3.64. The number of nitrogens with zero attached hydrogens (tertiary/aromatic N) is 2. The molecule has 2 rings (SSSR count). The summed E-state index contributed by atoms with van der Waals surface area (Å²) in [7, 11) is -0.753. The second kappa shape index (κ2) is 4.88. The molecular weight excluding hydrogens is 282 g/mol. The maximum absolute atomic E-state index is 12.1. The van der Waals surface area contributed by atoms with Gasteiger partial charge in [-0.25, -0.2) is 17.9 Å². The lowest BCUT2D eigenvalue weighted by molar-refractivity contribution is 0.584. The Morgan fingerprint density at radius 1 is 1.15 bits per heavy atom. The van der Waals surface area contributed by atoms with Crippen molar-refractivity contribution < 1.29 is 8.42 Å². The third-order valence-corrected chi connectivity index (χ3v) is 4.63. The molecule has 20 heavy (non-hydrogen) atoms. The smallest absolute Gasteiger partial charge is 0.296 e. The second-order valence-electron chi connectivity index (χ2n) is 4.39. The third kappa shape index (κ3) is 2.16. The molecule has 0 saturated carbocycles. The lowest BCUT2D eigenvalue weighted by Gasteiger charge is -2.09. The number of nitrogens with one attached hydrogen (secondary N) is 1. The lowest BCUT2D eigenvalue weighted by Crippen LogP contribution is -2.37. The quantitative estimate of drug-likeness (QED) is 0.829. The molecule has 0 amide bonds. The van der Waals surface area contributed by atoms with E-state index in [0.29, 0.717) is 5.52 Å². The van der Waals surface area contributed by atoms with Crippen molar-refractivity contribution in [1.82, 2.24) is 13.9 Å². The molecule has 0 aliphatic heterocycles. The Balaban J connectivity index is 2.86. The minimum absolute atomic E-state index is 0.00241. The molecule has 0 atom stereocenters. The summed E-state index contributed by atoms with van der Waals surface area (Å²) in [6.45, 7) is 1.92. The number of benzene rings is 1. The van der Waals surface area contributed by atoms with Gasteiger partial charge in [0.1, 0.15) is 0 Å². The molecule has 1 heterocycles. The van der Waals surface area contributed by atoms with Crippen LogP contribution in [0.4, 0.5) is 0 Å². The maximum Gasteiger partial charge on any atom is 0.330 e. The van der Waals surface area contributed by atoms with Crippen LogP contribution in [-0.4, -0.2) is 24.1 Å². The second-order valence-corrected chi connectivity index (χ2v) is 6.15. The van der Waals surface area contributed by atoms with Crippen molar-refractivity contribution in [3.05, 3.63) is 39.0 Å².